The smallest absolute Gasteiger partial charge is 0.138 e. The highest BCUT2D eigenvalue weighted by Gasteiger charge is 2.37. The second kappa shape index (κ2) is 4.97. The van der Waals surface area contributed by atoms with Crippen LogP contribution in [0.5, 0.6) is 0 Å². The average Bonchev–Trinajstić information content (AvgIpc) is 2.87. The van der Waals surface area contributed by atoms with Crippen molar-refractivity contribution in [3.05, 3.63) is 12.2 Å². The predicted octanol–water partition coefficient (Wildman–Crippen LogP) is 1.15. The zero-order valence-electron chi connectivity index (χ0n) is 11.9. The Bertz CT molecular complexity index is 388. The van der Waals surface area contributed by atoms with Crippen LogP contribution in [-0.2, 0) is 18.2 Å². The van der Waals surface area contributed by atoms with Gasteiger partial charge in [-0.05, 0) is 27.2 Å². The molecule has 1 aromatic rings. The van der Waals surface area contributed by atoms with Crippen molar-refractivity contribution in [2.75, 3.05) is 19.8 Å². The molecule has 2 rings (SSSR count). The van der Waals surface area contributed by atoms with Crippen LogP contribution in [0.3, 0.4) is 0 Å². The molecule has 1 saturated heterocycles. The highest BCUT2D eigenvalue weighted by molar-refractivity contribution is 4.97. The number of hydrogen-bond acceptors (Lipinski definition) is 4. The van der Waals surface area contributed by atoms with Gasteiger partial charge in [0.2, 0.25) is 0 Å². The largest absolute Gasteiger partial charge is 0.381 e. The molecule has 0 aliphatic carbocycles. The molecular weight excluding hydrogens is 228 g/mol. The van der Waals surface area contributed by atoms with Gasteiger partial charge < -0.3 is 10.1 Å². The normalized spacial score (nSPS) is 24.7. The molecule has 1 unspecified atom stereocenters. The number of rotatable bonds is 4. The number of aromatic nitrogens is 3. The molecule has 5 nitrogen and oxygen atoms in total. The summed E-state index contributed by atoms with van der Waals surface area (Å²) < 4.78 is 7.48. The van der Waals surface area contributed by atoms with Gasteiger partial charge in [0.25, 0.3) is 0 Å². The fraction of sp³-hybridized carbons (Fsp3) is 0.846. The van der Waals surface area contributed by atoms with Crippen molar-refractivity contribution < 1.29 is 4.74 Å². The summed E-state index contributed by atoms with van der Waals surface area (Å²) in [7, 11) is 1.95. The van der Waals surface area contributed by atoms with Gasteiger partial charge in [0.15, 0.2) is 0 Å². The van der Waals surface area contributed by atoms with Gasteiger partial charge in [-0.25, -0.2) is 4.98 Å². The van der Waals surface area contributed by atoms with Gasteiger partial charge >= 0.3 is 0 Å². The first-order valence-electron chi connectivity index (χ1n) is 6.56. The van der Waals surface area contributed by atoms with E-state index in [4.69, 9.17) is 4.74 Å². The highest BCUT2D eigenvalue weighted by atomic mass is 16.5. The minimum absolute atomic E-state index is 0.134. The van der Waals surface area contributed by atoms with E-state index in [1.807, 2.05) is 11.7 Å². The van der Waals surface area contributed by atoms with Gasteiger partial charge in [-0.1, -0.05) is 0 Å². The van der Waals surface area contributed by atoms with E-state index in [0.29, 0.717) is 0 Å². The van der Waals surface area contributed by atoms with Gasteiger partial charge in [-0.15, -0.1) is 0 Å². The molecule has 18 heavy (non-hydrogen) atoms. The molecule has 1 atom stereocenters. The number of nitrogens with one attached hydrogen (secondary N) is 1. The Hall–Kier alpha value is -0.940. The van der Waals surface area contributed by atoms with Crippen LogP contribution in [-0.4, -0.2) is 40.1 Å². The van der Waals surface area contributed by atoms with Crippen LogP contribution in [0.1, 0.15) is 33.0 Å². The maximum absolute atomic E-state index is 5.62. The number of ether oxygens (including phenoxy) is 1. The SMILES string of the molecule is Cn1ncnc1CC1(CNC(C)(C)C)CCOC1. The van der Waals surface area contributed by atoms with Crippen LogP contribution in [0, 0.1) is 5.41 Å². The van der Waals surface area contributed by atoms with Gasteiger partial charge in [0.05, 0.1) is 6.61 Å². The van der Waals surface area contributed by atoms with E-state index in [2.05, 4.69) is 36.2 Å². The lowest BCUT2D eigenvalue weighted by molar-refractivity contribution is 0.142. The number of hydrogen-bond donors (Lipinski definition) is 1. The van der Waals surface area contributed by atoms with E-state index in [1.165, 1.54) is 0 Å². The maximum atomic E-state index is 5.62. The lowest BCUT2D eigenvalue weighted by Crippen LogP contribution is -2.45. The van der Waals surface area contributed by atoms with Gasteiger partial charge in [-0.3, -0.25) is 4.68 Å². The van der Waals surface area contributed by atoms with Crippen LogP contribution >= 0.6 is 0 Å². The summed E-state index contributed by atoms with van der Waals surface area (Å²) in [4.78, 5) is 4.34. The van der Waals surface area contributed by atoms with E-state index in [9.17, 15) is 0 Å². The standard InChI is InChI=1S/C13H24N4O/c1-12(2,3)15-8-13(5-6-18-9-13)7-11-14-10-16-17(11)4/h10,15H,5-9H2,1-4H3. The first-order valence-corrected chi connectivity index (χ1v) is 6.56. The summed E-state index contributed by atoms with van der Waals surface area (Å²) in [5, 5.41) is 7.74. The van der Waals surface area contributed by atoms with Crippen LogP contribution in [0.25, 0.3) is 0 Å². The molecule has 0 spiro atoms. The quantitative estimate of drug-likeness (QED) is 0.873. The van der Waals surface area contributed by atoms with Crippen molar-refractivity contribution >= 4 is 0 Å². The fourth-order valence-electron chi connectivity index (χ4n) is 2.26. The molecule has 1 aromatic heterocycles. The minimum atomic E-state index is 0.134. The van der Waals surface area contributed by atoms with Crippen molar-refractivity contribution in [3.8, 4) is 0 Å². The summed E-state index contributed by atoms with van der Waals surface area (Å²) in [6.45, 7) is 9.20. The van der Waals surface area contributed by atoms with E-state index < -0.39 is 0 Å². The second-order valence-corrected chi connectivity index (χ2v) is 6.38. The molecule has 1 N–H and O–H groups in total. The molecule has 102 valence electrons. The van der Waals surface area contributed by atoms with Crippen molar-refractivity contribution in [3.63, 3.8) is 0 Å². The Labute approximate surface area is 109 Å². The first kappa shape index (κ1) is 13.5. The minimum Gasteiger partial charge on any atom is -0.381 e. The molecule has 0 saturated carbocycles. The highest BCUT2D eigenvalue weighted by Crippen LogP contribution is 2.32. The fourth-order valence-corrected chi connectivity index (χ4v) is 2.26. The molecular formula is C13H24N4O. The van der Waals surface area contributed by atoms with Crippen molar-refractivity contribution in [1.82, 2.24) is 20.1 Å². The van der Waals surface area contributed by atoms with Crippen LogP contribution < -0.4 is 5.32 Å². The summed E-state index contributed by atoms with van der Waals surface area (Å²) in [5.41, 5.74) is 0.295. The lowest BCUT2D eigenvalue weighted by atomic mass is 9.82. The van der Waals surface area contributed by atoms with E-state index in [0.717, 1.165) is 38.4 Å². The van der Waals surface area contributed by atoms with Crippen LogP contribution in [0.4, 0.5) is 0 Å². The molecule has 1 aliphatic rings. The molecule has 1 aliphatic heterocycles. The summed E-state index contributed by atoms with van der Waals surface area (Å²) in [5.74, 6) is 1.04. The zero-order chi connectivity index (χ0) is 13.2. The average molecular weight is 252 g/mol. The van der Waals surface area contributed by atoms with Crippen LogP contribution in [0.15, 0.2) is 6.33 Å². The third kappa shape index (κ3) is 3.29. The molecule has 1 fully saturated rings. The van der Waals surface area contributed by atoms with Crippen molar-refractivity contribution in [1.29, 1.82) is 0 Å². The predicted molar refractivity (Wildman–Crippen MR) is 70.3 cm³/mol. The van der Waals surface area contributed by atoms with Crippen molar-refractivity contribution in [2.24, 2.45) is 12.5 Å². The molecule has 0 amide bonds. The molecule has 2 heterocycles. The lowest BCUT2D eigenvalue weighted by Gasteiger charge is -2.31. The maximum Gasteiger partial charge on any atom is 0.138 e. The topological polar surface area (TPSA) is 52.0 Å². The molecule has 0 aromatic carbocycles. The van der Waals surface area contributed by atoms with E-state index >= 15 is 0 Å². The summed E-state index contributed by atoms with van der Waals surface area (Å²) in [6, 6.07) is 0. The van der Waals surface area contributed by atoms with Gasteiger partial charge in [0, 0.05) is 37.6 Å². The summed E-state index contributed by atoms with van der Waals surface area (Å²) >= 11 is 0. The molecule has 5 heteroatoms. The van der Waals surface area contributed by atoms with E-state index in [-0.39, 0.29) is 11.0 Å². The van der Waals surface area contributed by atoms with E-state index in [1.54, 1.807) is 6.33 Å². The Balaban J connectivity index is 2.05. The van der Waals surface area contributed by atoms with Gasteiger partial charge in [0.1, 0.15) is 12.2 Å². The number of aryl methyl sites for hydroxylation is 1. The summed E-state index contributed by atoms with van der Waals surface area (Å²) in [6.07, 6.45) is 3.63. The second-order valence-electron chi connectivity index (χ2n) is 6.38. The Kier molecular flexibility index (Phi) is 3.73. The Morgan fingerprint density at radius 3 is 2.78 bits per heavy atom. The number of nitrogens with zero attached hydrogens (tertiary/aromatic N) is 3. The van der Waals surface area contributed by atoms with Crippen LogP contribution in [0.2, 0.25) is 0 Å². The third-order valence-electron chi connectivity index (χ3n) is 3.52. The first-order chi connectivity index (χ1) is 8.40. The molecule has 0 bridgehead atoms. The van der Waals surface area contributed by atoms with Crippen molar-refractivity contribution in [2.45, 2.75) is 39.2 Å². The Morgan fingerprint density at radius 1 is 1.50 bits per heavy atom. The zero-order valence-corrected chi connectivity index (χ0v) is 11.9. The third-order valence-corrected chi connectivity index (χ3v) is 3.52. The van der Waals surface area contributed by atoms with Gasteiger partial charge in [-0.2, -0.15) is 5.10 Å². The Morgan fingerprint density at radius 2 is 2.28 bits per heavy atom. The monoisotopic (exact) mass is 252 g/mol. The molecule has 0 radical (unpaired) electrons.